The maximum atomic E-state index is 14.6. The summed E-state index contributed by atoms with van der Waals surface area (Å²) in [4.78, 5) is 21.2. The lowest BCUT2D eigenvalue weighted by Gasteiger charge is -2.11. The van der Waals surface area contributed by atoms with E-state index < -0.39 is 0 Å². The Balaban J connectivity index is 1.71. The molecule has 0 radical (unpaired) electrons. The van der Waals surface area contributed by atoms with Crippen molar-refractivity contribution in [1.29, 1.82) is 0 Å². The van der Waals surface area contributed by atoms with Crippen molar-refractivity contribution in [2.45, 2.75) is 33.4 Å². The van der Waals surface area contributed by atoms with Crippen LogP contribution in [0.2, 0.25) is 0 Å². The number of halogens is 1. The molecule has 0 fully saturated rings. The minimum atomic E-state index is -0.370. The molecule has 0 unspecified atom stereocenters. The maximum absolute atomic E-state index is 14.6. The van der Waals surface area contributed by atoms with E-state index in [1.54, 1.807) is 35.2 Å². The second kappa shape index (κ2) is 8.84. The molecule has 1 N–H and O–H groups in total. The summed E-state index contributed by atoms with van der Waals surface area (Å²) < 4.78 is 21.8. The van der Waals surface area contributed by atoms with Crippen molar-refractivity contribution >= 4 is 0 Å². The van der Waals surface area contributed by atoms with Gasteiger partial charge in [0.1, 0.15) is 17.2 Å². The van der Waals surface area contributed by atoms with Crippen molar-refractivity contribution in [3.05, 3.63) is 76.2 Å². The number of aromatic nitrogens is 4. The molecule has 0 saturated carbocycles. The van der Waals surface area contributed by atoms with Gasteiger partial charge in [-0.1, -0.05) is 11.2 Å². The predicted molar refractivity (Wildman–Crippen MR) is 121 cm³/mol. The molecule has 7 nitrogen and oxygen atoms in total. The van der Waals surface area contributed by atoms with E-state index in [0.717, 1.165) is 11.1 Å². The molecule has 0 aliphatic carbocycles. The van der Waals surface area contributed by atoms with Crippen LogP contribution in [0.5, 0.6) is 0 Å². The molecule has 3 heterocycles. The molecule has 0 spiro atoms. The number of nitrogens with one attached hydrogen (secondary N) is 1. The van der Waals surface area contributed by atoms with Gasteiger partial charge in [0.25, 0.3) is 5.56 Å². The molecule has 1 aromatic carbocycles. The highest BCUT2D eigenvalue weighted by molar-refractivity contribution is 5.68. The fourth-order valence-electron chi connectivity index (χ4n) is 3.47. The van der Waals surface area contributed by atoms with Crippen molar-refractivity contribution in [3.63, 3.8) is 0 Å². The highest BCUT2D eigenvalue weighted by Crippen LogP contribution is 2.29. The van der Waals surface area contributed by atoms with Crippen LogP contribution >= 0.6 is 0 Å². The molecule has 0 atom stereocenters. The minimum Gasteiger partial charge on any atom is -0.354 e. The zero-order chi connectivity index (χ0) is 22.8. The fourth-order valence-corrected chi connectivity index (χ4v) is 3.47. The number of hydrogen-bond donors (Lipinski definition) is 1. The van der Waals surface area contributed by atoms with Gasteiger partial charge < -0.3 is 14.4 Å². The molecule has 0 saturated heterocycles. The van der Waals surface area contributed by atoms with Gasteiger partial charge in [-0.25, -0.2) is 9.37 Å². The summed E-state index contributed by atoms with van der Waals surface area (Å²) in [6.07, 6.45) is 3.42. The quantitative estimate of drug-likeness (QED) is 0.486. The Kier molecular flexibility index (Phi) is 5.96. The molecule has 0 amide bonds. The van der Waals surface area contributed by atoms with Crippen molar-refractivity contribution in [1.82, 2.24) is 25.0 Å². The molecule has 3 aromatic heterocycles. The second-order valence-corrected chi connectivity index (χ2v) is 7.87. The Hall–Kier alpha value is -3.65. The summed E-state index contributed by atoms with van der Waals surface area (Å²) >= 11 is 0. The Morgan fingerprint density at radius 2 is 1.97 bits per heavy atom. The average Bonchev–Trinajstić information content (AvgIpc) is 3.24. The van der Waals surface area contributed by atoms with Gasteiger partial charge in [-0.3, -0.25) is 9.78 Å². The number of rotatable bonds is 6. The van der Waals surface area contributed by atoms with Crippen LogP contribution < -0.4 is 10.9 Å². The summed E-state index contributed by atoms with van der Waals surface area (Å²) in [7, 11) is 1.81. The SMILES string of the molecule is CNCc1ccc(-c2cc(-c3nc(-c4ccc(=O)n(C(C)C)c4)cnc3C)on2)c(F)c1. The Morgan fingerprint density at radius 1 is 1.16 bits per heavy atom. The lowest BCUT2D eigenvalue weighted by atomic mass is 10.1. The van der Waals surface area contributed by atoms with E-state index in [1.165, 1.54) is 12.1 Å². The van der Waals surface area contributed by atoms with Crippen LogP contribution in [0, 0.1) is 12.7 Å². The van der Waals surface area contributed by atoms with E-state index >= 15 is 0 Å². The molecule has 0 aliphatic rings. The van der Waals surface area contributed by atoms with E-state index in [2.05, 4.69) is 15.5 Å². The summed E-state index contributed by atoms with van der Waals surface area (Å²) in [5, 5.41) is 7.05. The number of nitrogens with zero attached hydrogens (tertiary/aromatic N) is 4. The maximum Gasteiger partial charge on any atom is 0.250 e. The topological polar surface area (TPSA) is 85.8 Å². The molecule has 164 valence electrons. The molecule has 4 rings (SSSR count). The highest BCUT2D eigenvalue weighted by atomic mass is 19.1. The van der Waals surface area contributed by atoms with Gasteiger partial charge in [0.05, 0.1) is 17.6 Å². The standard InChI is InChI=1S/C24H24FN5O2/c1-14(2)30-13-17(6-8-23(30)31)21-12-27-15(3)24(28-21)22-10-20(29-32-22)18-7-5-16(11-26-4)9-19(18)25/h5-10,12-14,26H,11H2,1-4H3. The number of aryl methyl sites for hydroxylation is 1. The molecule has 8 heteroatoms. The Bertz CT molecular complexity index is 1330. The summed E-state index contributed by atoms with van der Waals surface area (Å²) in [6.45, 7) is 6.28. The minimum absolute atomic E-state index is 0.0200. The van der Waals surface area contributed by atoms with E-state index in [-0.39, 0.29) is 17.4 Å². The Morgan fingerprint density at radius 3 is 2.69 bits per heavy atom. The Labute approximate surface area is 185 Å². The fraction of sp³-hybridized carbons (Fsp3) is 0.250. The van der Waals surface area contributed by atoms with Crippen molar-refractivity contribution in [2.75, 3.05) is 7.05 Å². The normalized spacial score (nSPS) is 11.3. The predicted octanol–water partition coefficient (Wildman–Crippen LogP) is 4.38. The highest BCUT2D eigenvalue weighted by Gasteiger charge is 2.17. The van der Waals surface area contributed by atoms with Crippen LogP contribution in [0.25, 0.3) is 34.0 Å². The van der Waals surface area contributed by atoms with Gasteiger partial charge in [0.2, 0.25) is 0 Å². The average molecular weight is 433 g/mol. The van der Waals surface area contributed by atoms with Crippen molar-refractivity contribution in [3.8, 4) is 34.0 Å². The third-order valence-electron chi connectivity index (χ3n) is 5.18. The molecule has 32 heavy (non-hydrogen) atoms. The molecule has 4 aromatic rings. The van der Waals surface area contributed by atoms with Crippen molar-refractivity contribution < 1.29 is 8.91 Å². The van der Waals surface area contributed by atoms with Gasteiger partial charge in [-0.15, -0.1) is 0 Å². The second-order valence-electron chi connectivity index (χ2n) is 7.87. The van der Waals surface area contributed by atoms with Crippen LogP contribution in [-0.2, 0) is 6.54 Å². The van der Waals surface area contributed by atoms with Crippen LogP contribution in [0.4, 0.5) is 4.39 Å². The summed E-state index contributed by atoms with van der Waals surface area (Å²) in [5.41, 5.74) is 4.02. The van der Waals surface area contributed by atoms with Gasteiger partial charge in [-0.05, 0) is 51.6 Å². The number of pyridine rings is 1. The third-order valence-corrected chi connectivity index (χ3v) is 5.18. The van der Waals surface area contributed by atoms with Crippen LogP contribution in [-0.4, -0.2) is 26.7 Å². The van der Waals surface area contributed by atoms with E-state index in [4.69, 9.17) is 9.51 Å². The van der Waals surface area contributed by atoms with Crippen LogP contribution in [0.3, 0.4) is 0 Å². The molecule has 0 bridgehead atoms. The first-order chi connectivity index (χ1) is 15.4. The van der Waals surface area contributed by atoms with Gasteiger partial charge in [-0.2, -0.15) is 0 Å². The lowest BCUT2D eigenvalue weighted by molar-refractivity contribution is 0.432. The first-order valence-electron chi connectivity index (χ1n) is 10.3. The van der Waals surface area contributed by atoms with Crippen LogP contribution in [0.1, 0.15) is 31.1 Å². The smallest absolute Gasteiger partial charge is 0.250 e. The third kappa shape index (κ3) is 4.22. The number of benzene rings is 1. The largest absolute Gasteiger partial charge is 0.354 e. The van der Waals surface area contributed by atoms with E-state index in [9.17, 15) is 9.18 Å². The number of hydrogen-bond acceptors (Lipinski definition) is 6. The van der Waals surface area contributed by atoms with E-state index in [1.807, 2.05) is 33.9 Å². The molecular formula is C24H24FN5O2. The van der Waals surface area contributed by atoms with Gasteiger partial charge in [0, 0.05) is 42.0 Å². The summed E-state index contributed by atoms with van der Waals surface area (Å²) in [6, 6.07) is 9.93. The van der Waals surface area contributed by atoms with Gasteiger partial charge >= 0.3 is 0 Å². The zero-order valence-electron chi connectivity index (χ0n) is 18.4. The zero-order valence-corrected chi connectivity index (χ0v) is 18.4. The van der Waals surface area contributed by atoms with Gasteiger partial charge in [0.15, 0.2) is 5.76 Å². The van der Waals surface area contributed by atoms with E-state index in [0.29, 0.717) is 40.6 Å². The monoisotopic (exact) mass is 433 g/mol. The lowest BCUT2D eigenvalue weighted by Crippen LogP contribution is -2.20. The van der Waals surface area contributed by atoms with Crippen LogP contribution in [0.15, 0.2) is 58.1 Å². The van der Waals surface area contributed by atoms with Crippen molar-refractivity contribution in [2.24, 2.45) is 0 Å². The summed E-state index contributed by atoms with van der Waals surface area (Å²) in [5.74, 6) is 0.0211. The first kappa shape index (κ1) is 21.6. The molecular weight excluding hydrogens is 409 g/mol. The molecule has 0 aliphatic heterocycles. The first-order valence-corrected chi connectivity index (χ1v) is 10.3.